The molecule has 2 aromatic carbocycles. The summed E-state index contributed by atoms with van der Waals surface area (Å²) in [5, 5.41) is 7.08. The summed E-state index contributed by atoms with van der Waals surface area (Å²) in [4.78, 5) is 20.8. The predicted molar refractivity (Wildman–Crippen MR) is 145 cm³/mol. The van der Waals surface area contributed by atoms with Crippen LogP contribution in [0, 0.1) is 0 Å². The Morgan fingerprint density at radius 2 is 1.79 bits per heavy atom. The molecule has 6 nitrogen and oxygen atoms in total. The summed E-state index contributed by atoms with van der Waals surface area (Å²) in [7, 11) is 1.83. The van der Waals surface area contributed by atoms with Gasteiger partial charge in [0, 0.05) is 52.2 Å². The van der Waals surface area contributed by atoms with E-state index in [-0.39, 0.29) is 29.9 Å². The van der Waals surface area contributed by atoms with Crippen molar-refractivity contribution >= 4 is 35.8 Å². The SMILES string of the molecule is CN=C(NCc1cccc(CN2CCCC2=O)c1)NC1CCCN(Cc2ccccc2)C1.I. The van der Waals surface area contributed by atoms with Gasteiger partial charge in [0.2, 0.25) is 5.91 Å². The van der Waals surface area contributed by atoms with Gasteiger partial charge in [-0.2, -0.15) is 0 Å². The van der Waals surface area contributed by atoms with E-state index in [0.717, 1.165) is 45.0 Å². The van der Waals surface area contributed by atoms with Gasteiger partial charge in [0.05, 0.1) is 0 Å². The molecule has 0 radical (unpaired) electrons. The maximum Gasteiger partial charge on any atom is 0.222 e. The third kappa shape index (κ3) is 7.71. The number of carbonyl (C=O) groups is 1. The molecule has 178 valence electrons. The van der Waals surface area contributed by atoms with Crippen LogP contribution in [0.5, 0.6) is 0 Å². The summed E-state index contributed by atoms with van der Waals surface area (Å²) in [5.41, 5.74) is 3.75. The number of piperidine rings is 1. The zero-order chi connectivity index (χ0) is 22.2. The molecule has 1 amide bonds. The topological polar surface area (TPSA) is 60.0 Å². The Kier molecular flexibility index (Phi) is 9.99. The lowest BCUT2D eigenvalue weighted by molar-refractivity contribution is -0.128. The molecule has 0 spiro atoms. The van der Waals surface area contributed by atoms with E-state index in [2.05, 4.69) is 75.1 Å². The van der Waals surface area contributed by atoms with Gasteiger partial charge in [-0.1, -0.05) is 54.6 Å². The van der Waals surface area contributed by atoms with Crippen LogP contribution < -0.4 is 10.6 Å². The number of aliphatic imine (C=N–C) groups is 1. The molecule has 0 bridgehead atoms. The van der Waals surface area contributed by atoms with Crippen molar-refractivity contribution in [3.63, 3.8) is 0 Å². The molecule has 0 saturated carbocycles. The van der Waals surface area contributed by atoms with Crippen molar-refractivity contribution in [2.24, 2.45) is 4.99 Å². The first-order valence-electron chi connectivity index (χ1n) is 11.8. The van der Waals surface area contributed by atoms with Gasteiger partial charge in [-0.15, -0.1) is 24.0 Å². The number of hydrogen-bond donors (Lipinski definition) is 2. The number of benzene rings is 2. The Morgan fingerprint density at radius 1 is 1.00 bits per heavy atom. The molecular formula is C26H36IN5O. The van der Waals surface area contributed by atoms with Gasteiger partial charge < -0.3 is 15.5 Å². The van der Waals surface area contributed by atoms with Crippen LogP contribution in [0.25, 0.3) is 0 Å². The Balaban J connectivity index is 0.00000306. The molecule has 2 aliphatic heterocycles. The van der Waals surface area contributed by atoms with Crippen LogP contribution in [0.2, 0.25) is 0 Å². The molecule has 2 aliphatic rings. The van der Waals surface area contributed by atoms with E-state index in [1.165, 1.54) is 23.1 Å². The quantitative estimate of drug-likeness (QED) is 0.307. The highest BCUT2D eigenvalue weighted by Crippen LogP contribution is 2.16. The van der Waals surface area contributed by atoms with Crippen molar-refractivity contribution in [2.45, 2.75) is 51.4 Å². The maximum atomic E-state index is 11.9. The van der Waals surface area contributed by atoms with Gasteiger partial charge in [0.1, 0.15) is 0 Å². The van der Waals surface area contributed by atoms with E-state index in [4.69, 9.17) is 0 Å². The number of nitrogens with one attached hydrogen (secondary N) is 2. The van der Waals surface area contributed by atoms with Gasteiger partial charge in [-0.3, -0.25) is 14.7 Å². The summed E-state index contributed by atoms with van der Waals surface area (Å²) in [6.07, 6.45) is 4.02. The van der Waals surface area contributed by atoms with Gasteiger partial charge in [-0.05, 0) is 42.5 Å². The number of likely N-dealkylation sites (tertiary alicyclic amines) is 2. The first-order valence-corrected chi connectivity index (χ1v) is 11.8. The average Bonchev–Trinajstić information content (AvgIpc) is 3.22. The molecule has 4 rings (SSSR count). The maximum absolute atomic E-state index is 11.9. The van der Waals surface area contributed by atoms with Crippen LogP contribution in [0.3, 0.4) is 0 Å². The van der Waals surface area contributed by atoms with Crippen molar-refractivity contribution in [1.29, 1.82) is 0 Å². The number of halogens is 1. The van der Waals surface area contributed by atoms with Gasteiger partial charge in [0.15, 0.2) is 5.96 Å². The smallest absolute Gasteiger partial charge is 0.222 e. The van der Waals surface area contributed by atoms with Crippen LogP contribution in [0.4, 0.5) is 0 Å². The fourth-order valence-electron chi connectivity index (χ4n) is 4.66. The van der Waals surface area contributed by atoms with Crippen molar-refractivity contribution in [3.05, 3.63) is 71.3 Å². The van der Waals surface area contributed by atoms with E-state index < -0.39 is 0 Å². The third-order valence-electron chi connectivity index (χ3n) is 6.32. The second kappa shape index (κ2) is 12.9. The third-order valence-corrected chi connectivity index (χ3v) is 6.32. The van der Waals surface area contributed by atoms with E-state index in [1.54, 1.807) is 0 Å². The number of hydrogen-bond acceptors (Lipinski definition) is 3. The monoisotopic (exact) mass is 561 g/mol. The van der Waals surface area contributed by atoms with E-state index in [9.17, 15) is 4.79 Å². The second-order valence-electron chi connectivity index (χ2n) is 8.87. The van der Waals surface area contributed by atoms with Crippen LogP contribution in [0.1, 0.15) is 42.4 Å². The zero-order valence-electron chi connectivity index (χ0n) is 19.5. The van der Waals surface area contributed by atoms with Gasteiger partial charge >= 0.3 is 0 Å². The molecule has 1 atom stereocenters. The highest BCUT2D eigenvalue weighted by molar-refractivity contribution is 14.0. The number of guanidine groups is 1. The Hall–Kier alpha value is -2.13. The summed E-state index contributed by atoms with van der Waals surface area (Å²) in [5.74, 6) is 1.11. The first-order chi connectivity index (χ1) is 15.7. The molecule has 0 aliphatic carbocycles. The highest BCUT2D eigenvalue weighted by Gasteiger charge is 2.21. The molecule has 33 heavy (non-hydrogen) atoms. The Bertz CT molecular complexity index is 920. The molecule has 2 fully saturated rings. The van der Waals surface area contributed by atoms with Crippen molar-refractivity contribution in [3.8, 4) is 0 Å². The lowest BCUT2D eigenvalue weighted by Gasteiger charge is -2.34. The fourth-order valence-corrected chi connectivity index (χ4v) is 4.66. The zero-order valence-corrected chi connectivity index (χ0v) is 21.8. The molecule has 7 heteroatoms. The molecule has 2 N–H and O–H groups in total. The molecule has 2 heterocycles. The Morgan fingerprint density at radius 3 is 2.55 bits per heavy atom. The standard InChI is InChI=1S/C26H35N5O.HI/c1-27-26(29-24-12-6-14-30(20-24)18-21-8-3-2-4-9-21)28-17-22-10-5-11-23(16-22)19-31-15-7-13-25(31)32;/h2-5,8-11,16,24H,6-7,12-15,17-20H2,1H3,(H2,27,28,29);1H. The van der Waals surface area contributed by atoms with E-state index in [0.29, 0.717) is 25.6 Å². The minimum absolute atomic E-state index is 0. The number of rotatable bonds is 7. The lowest BCUT2D eigenvalue weighted by Crippen LogP contribution is -2.50. The molecule has 2 aromatic rings. The minimum Gasteiger partial charge on any atom is -0.352 e. The van der Waals surface area contributed by atoms with Gasteiger partial charge in [0.25, 0.3) is 0 Å². The van der Waals surface area contributed by atoms with Crippen LogP contribution in [-0.4, -0.2) is 54.4 Å². The molecular weight excluding hydrogens is 525 g/mol. The average molecular weight is 562 g/mol. The molecule has 2 saturated heterocycles. The summed E-state index contributed by atoms with van der Waals surface area (Å²) in [6.45, 7) is 5.46. The van der Waals surface area contributed by atoms with Crippen molar-refractivity contribution in [2.75, 3.05) is 26.7 Å². The van der Waals surface area contributed by atoms with E-state index >= 15 is 0 Å². The number of nitrogens with zero attached hydrogens (tertiary/aromatic N) is 3. The number of carbonyl (C=O) groups excluding carboxylic acids is 1. The lowest BCUT2D eigenvalue weighted by atomic mass is 10.0. The minimum atomic E-state index is 0. The summed E-state index contributed by atoms with van der Waals surface area (Å²) >= 11 is 0. The van der Waals surface area contributed by atoms with Crippen molar-refractivity contribution in [1.82, 2.24) is 20.4 Å². The molecule has 0 aromatic heterocycles. The predicted octanol–water partition coefficient (Wildman–Crippen LogP) is 3.76. The van der Waals surface area contributed by atoms with Crippen LogP contribution in [0.15, 0.2) is 59.6 Å². The Labute approximate surface area is 214 Å². The second-order valence-corrected chi connectivity index (χ2v) is 8.87. The fraction of sp³-hybridized carbons (Fsp3) is 0.462. The number of amides is 1. The first kappa shape index (κ1) is 25.5. The van der Waals surface area contributed by atoms with Crippen LogP contribution >= 0.6 is 24.0 Å². The largest absolute Gasteiger partial charge is 0.352 e. The summed E-state index contributed by atoms with van der Waals surface area (Å²) < 4.78 is 0. The highest BCUT2D eigenvalue weighted by atomic mass is 127. The normalized spacial score (nSPS) is 19.3. The molecule has 1 unspecified atom stereocenters. The van der Waals surface area contributed by atoms with Gasteiger partial charge in [-0.25, -0.2) is 0 Å². The summed E-state index contributed by atoms with van der Waals surface area (Å²) in [6, 6.07) is 19.6. The van der Waals surface area contributed by atoms with Crippen molar-refractivity contribution < 1.29 is 4.79 Å². The van der Waals surface area contributed by atoms with E-state index in [1.807, 2.05) is 11.9 Å². The van der Waals surface area contributed by atoms with Crippen LogP contribution in [-0.2, 0) is 24.4 Å².